The molecule has 3 rings (SSSR count). The van der Waals surface area contributed by atoms with Gasteiger partial charge in [0.05, 0.1) is 16.5 Å². The van der Waals surface area contributed by atoms with Crippen molar-refractivity contribution in [2.45, 2.75) is 20.3 Å². The minimum atomic E-state index is -0.557. The van der Waals surface area contributed by atoms with Crippen molar-refractivity contribution in [1.82, 2.24) is 9.80 Å². The molecule has 1 aromatic carbocycles. The molecule has 7 nitrogen and oxygen atoms in total. The van der Waals surface area contributed by atoms with E-state index in [9.17, 15) is 19.2 Å². The molecule has 0 N–H and O–H groups in total. The van der Waals surface area contributed by atoms with Crippen LogP contribution in [0.1, 0.15) is 20.3 Å². The molecule has 1 heterocycles. The van der Waals surface area contributed by atoms with E-state index in [2.05, 4.69) is 0 Å². The number of carbonyl (C=O) groups excluding carboxylic acids is 4. The number of nitrogens with zero attached hydrogens (tertiary/aromatic N) is 3. The average Bonchev–Trinajstić information content (AvgIpc) is 3.18. The molecule has 1 aliphatic heterocycles. The van der Waals surface area contributed by atoms with Crippen LogP contribution in [0.25, 0.3) is 0 Å². The summed E-state index contributed by atoms with van der Waals surface area (Å²) in [5.74, 6) is -0.318. The summed E-state index contributed by atoms with van der Waals surface area (Å²) < 4.78 is 0. The van der Waals surface area contributed by atoms with Crippen molar-refractivity contribution in [3.05, 3.63) is 28.2 Å². The Balaban J connectivity index is 0.000000235. The van der Waals surface area contributed by atoms with E-state index < -0.39 is 10.8 Å². The maximum absolute atomic E-state index is 12.3. The van der Waals surface area contributed by atoms with Crippen LogP contribution < -0.4 is 4.90 Å². The molecule has 2 unspecified atom stereocenters. The quantitative estimate of drug-likeness (QED) is 0.405. The van der Waals surface area contributed by atoms with Crippen LogP contribution in [0.4, 0.5) is 15.3 Å². The summed E-state index contributed by atoms with van der Waals surface area (Å²) in [6.45, 7) is 3.67. The molecule has 0 bridgehead atoms. The van der Waals surface area contributed by atoms with Gasteiger partial charge in [-0.3, -0.25) is 19.2 Å². The molecule has 11 heteroatoms. The second-order valence-corrected chi connectivity index (χ2v) is 10.8. The van der Waals surface area contributed by atoms with E-state index in [0.717, 1.165) is 21.6 Å². The second kappa shape index (κ2) is 8.98. The molecule has 2 atom stereocenters. The standard InChI is InChI=1S/C13H11Cl2NO2.C6H12N2O2S2/c1-12-6-13(12,2)11(18)16(10(12)17)9-4-7(14)3-8(15)5-9;1-7(2)5(9)11-12-6(10)8(3)4/h3-5H,6H2,1-2H3;1-4H3. The third kappa shape index (κ3) is 4.74. The zero-order chi connectivity index (χ0) is 23.0. The molecule has 2 fully saturated rings. The summed E-state index contributed by atoms with van der Waals surface area (Å²) in [7, 11) is 8.46. The SMILES string of the molecule is CC12CC1(C)C(=O)N(c1cc(Cl)cc(Cl)c1)C2=O.CN(C)C(=O)SSC(=O)N(C)C. The molecule has 0 spiro atoms. The Morgan fingerprint density at radius 1 is 0.867 bits per heavy atom. The zero-order valence-electron chi connectivity index (χ0n) is 17.5. The van der Waals surface area contributed by atoms with Gasteiger partial charge in [0, 0.05) is 59.8 Å². The predicted molar refractivity (Wildman–Crippen MR) is 123 cm³/mol. The van der Waals surface area contributed by atoms with Crippen molar-refractivity contribution < 1.29 is 19.2 Å². The van der Waals surface area contributed by atoms with Crippen LogP contribution in [0.2, 0.25) is 10.0 Å². The first-order valence-corrected chi connectivity index (χ1v) is 11.8. The molecular formula is C19H23Cl2N3O4S2. The maximum Gasteiger partial charge on any atom is 0.292 e. The molecule has 1 aliphatic carbocycles. The Bertz CT molecular complexity index is 846. The molecule has 1 saturated carbocycles. The van der Waals surface area contributed by atoms with Crippen molar-refractivity contribution in [2.75, 3.05) is 33.1 Å². The highest BCUT2D eigenvalue weighted by Crippen LogP contribution is 2.69. The van der Waals surface area contributed by atoms with Gasteiger partial charge in [0.2, 0.25) is 11.8 Å². The summed E-state index contributed by atoms with van der Waals surface area (Å²) in [6.07, 6.45) is 0.627. The Kier molecular flexibility index (Phi) is 7.44. The summed E-state index contributed by atoms with van der Waals surface area (Å²) in [6, 6.07) is 4.74. The molecule has 30 heavy (non-hydrogen) atoms. The molecule has 0 aromatic heterocycles. The average molecular weight is 492 g/mol. The molecular weight excluding hydrogens is 469 g/mol. The second-order valence-electron chi connectivity index (χ2n) is 7.90. The lowest BCUT2D eigenvalue weighted by molar-refractivity contribution is -0.125. The first kappa shape index (κ1) is 24.8. The van der Waals surface area contributed by atoms with Gasteiger partial charge in [0.15, 0.2) is 0 Å². The van der Waals surface area contributed by atoms with E-state index in [-0.39, 0.29) is 22.3 Å². The fourth-order valence-electron chi connectivity index (χ4n) is 3.00. The lowest BCUT2D eigenvalue weighted by Gasteiger charge is -2.19. The van der Waals surface area contributed by atoms with E-state index in [4.69, 9.17) is 23.2 Å². The van der Waals surface area contributed by atoms with Crippen LogP contribution in [0.5, 0.6) is 0 Å². The lowest BCUT2D eigenvalue weighted by atomic mass is 10.00. The third-order valence-corrected chi connectivity index (χ3v) is 7.81. The highest BCUT2D eigenvalue weighted by atomic mass is 35.5. The van der Waals surface area contributed by atoms with E-state index in [1.54, 1.807) is 46.4 Å². The van der Waals surface area contributed by atoms with Crippen molar-refractivity contribution in [1.29, 1.82) is 0 Å². The highest BCUT2D eigenvalue weighted by molar-refractivity contribution is 8.87. The van der Waals surface area contributed by atoms with Gasteiger partial charge in [-0.2, -0.15) is 0 Å². The fraction of sp³-hybridized carbons (Fsp3) is 0.474. The number of amides is 4. The van der Waals surface area contributed by atoms with Gasteiger partial charge in [-0.25, -0.2) is 4.90 Å². The number of hydrogen-bond donors (Lipinski definition) is 0. The number of benzene rings is 1. The van der Waals surface area contributed by atoms with Crippen LogP contribution in [0.15, 0.2) is 18.2 Å². The number of hydrogen-bond acceptors (Lipinski definition) is 6. The molecule has 1 saturated heterocycles. The zero-order valence-corrected chi connectivity index (χ0v) is 20.6. The molecule has 0 radical (unpaired) electrons. The number of piperidine rings is 1. The van der Waals surface area contributed by atoms with Gasteiger partial charge in [0.25, 0.3) is 10.5 Å². The Hall–Kier alpha value is -1.42. The van der Waals surface area contributed by atoms with Crippen LogP contribution in [0, 0.1) is 10.8 Å². The van der Waals surface area contributed by atoms with Gasteiger partial charge in [-0.15, -0.1) is 0 Å². The van der Waals surface area contributed by atoms with Gasteiger partial charge in [0.1, 0.15) is 0 Å². The predicted octanol–water partition coefficient (Wildman–Crippen LogP) is 5.01. The maximum atomic E-state index is 12.3. The summed E-state index contributed by atoms with van der Waals surface area (Å²) >= 11 is 11.8. The molecule has 164 valence electrons. The van der Waals surface area contributed by atoms with E-state index in [1.807, 2.05) is 13.8 Å². The topological polar surface area (TPSA) is 78.0 Å². The van der Waals surface area contributed by atoms with Crippen molar-refractivity contribution in [3.63, 3.8) is 0 Å². The van der Waals surface area contributed by atoms with Crippen LogP contribution in [0.3, 0.4) is 0 Å². The van der Waals surface area contributed by atoms with Crippen molar-refractivity contribution in [3.8, 4) is 0 Å². The number of carbonyl (C=O) groups is 4. The first-order valence-electron chi connectivity index (χ1n) is 8.87. The van der Waals surface area contributed by atoms with E-state index in [1.165, 1.54) is 14.7 Å². The smallest absolute Gasteiger partial charge is 0.292 e. The summed E-state index contributed by atoms with van der Waals surface area (Å²) in [5.41, 5.74) is -0.658. The van der Waals surface area contributed by atoms with Crippen LogP contribution in [-0.2, 0) is 9.59 Å². The number of anilines is 1. The minimum Gasteiger partial charge on any atom is -0.339 e. The Morgan fingerprint density at radius 3 is 1.57 bits per heavy atom. The Morgan fingerprint density at radius 2 is 1.23 bits per heavy atom. The molecule has 2 aliphatic rings. The fourth-order valence-corrected chi connectivity index (χ4v) is 5.27. The van der Waals surface area contributed by atoms with Gasteiger partial charge in [-0.1, -0.05) is 23.2 Å². The van der Waals surface area contributed by atoms with Crippen molar-refractivity contribution >= 4 is 72.8 Å². The molecule has 1 aromatic rings. The Labute approximate surface area is 193 Å². The number of fused-ring (bicyclic) bond motifs is 1. The highest BCUT2D eigenvalue weighted by Gasteiger charge is 2.77. The normalized spacial score (nSPS) is 24.1. The van der Waals surface area contributed by atoms with Gasteiger partial charge < -0.3 is 9.80 Å². The number of rotatable bonds is 1. The monoisotopic (exact) mass is 491 g/mol. The summed E-state index contributed by atoms with van der Waals surface area (Å²) in [4.78, 5) is 50.7. The van der Waals surface area contributed by atoms with Crippen molar-refractivity contribution in [2.24, 2.45) is 10.8 Å². The van der Waals surface area contributed by atoms with Gasteiger partial charge >= 0.3 is 0 Å². The number of halogens is 2. The summed E-state index contributed by atoms with van der Waals surface area (Å²) in [5, 5.41) is 0.563. The van der Waals surface area contributed by atoms with E-state index in [0.29, 0.717) is 22.2 Å². The van der Waals surface area contributed by atoms with Crippen LogP contribution >= 0.6 is 44.8 Å². The molecule has 4 amide bonds. The van der Waals surface area contributed by atoms with Crippen LogP contribution in [-0.4, -0.2) is 60.3 Å². The van der Waals surface area contributed by atoms with Gasteiger partial charge in [-0.05, 0) is 38.5 Å². The third-order valence-electron chi connectivity index (χ3n) is 5.17. The van der Waals surface area contributed by atoms with E-state index >= 15 is 0 Å². The lowest BCUT2D eigenvalue weighted by Crippen LogP contribution is -2.35. The minimum absolute atomic E-state index is 0.129. The number of imide groups is 1. The largest absolute Gasteiger partial charge is 0.339 e. The first-order chi connectivity index (χ1) is 13.7.